The van der Waals surface area contributed by atoms with Crippen molar-refractivity contribution in [2.75, 3.05) is 33.3 Å². The summed E-state index contributed by atoms with van der Waals surface area (Å²) >= 11 is 1.69. The van der Waals surface area contributed by atoms with Crippen LogP contribution in [0.15, 0.2) is 5.38 Å². The topological polar surface area (TPSA) is 37.4 Å². The molecule has 1 saturated heterocycles. The van der Waals surface area contributed by atoms with Crippen molar-refractivity contribution in [3.8, 4) is 0 Å². The second-order valence-corrected chi connectivity index (χ2v) is 5.31. The first-order valence-electron chi connectivity index (χ1n) is 6.26. The van der Waals surface area contributed by atoms with E-state index in [2.05, 4.69) is 20.6 Å². The lowest BCUT2D eigenvalue weighted by atomic mass is 10.4. The minimum Gasteiger partial charge on any atom is -0.374 e. The number of nitrogens with one attached hydrogen (secondary N) is 1. The van der Waals surface area contributed by atoms with Crippen molar-refractivity contribution < 1.29 is 4.74 Å². The van der Waals surface area contributed by atoms with E-state index in [0.29, 0.717) is 6.61 Å². The molecule has 0 unspecified atom stereocenters. The molecule has 1 fully saturated rings. The molecule has 1 aliphatic heterocycles. The van der Waals surface area contributed by atoms with Crippen molar-refractivity contribution >= 4 is 11.3 Å². The first kappa shape index (κ1) is 13.0. The molecule has 0 aliphatic carbocycles. The molecular formula is C12H21N3OS. The average molecular weight is 255 g/mol. The molecule has 1 N–H and O–H groups in total. The Bertz CT molecular complexity index is 323. The van der Waals surface area contributed by atoms with Gasteiger partial charge in [-0.3, -0.25) is 0 Å². The van der Waals surface area contributed by atoms with E-state index >= 15 is 0 Å². The van der Waals surface area contributed by atoms with Crippen LogP contribution < -0.4 is 5.32 Å². The zero-order chi connectivity index (χ0) is 11.9. The molecule has 2 heterocycles. The minimum atomic E-state index is 0.647. The van der Waals surface area contributed by atoms with Crippen LogP contribution in [0.5, 0.6) is 0 Å². The van der Waals surface area contributed by atoms with Crippen LogP contribution in [-0.2, 0) is 17.9 Å². The Morgan fingerprint density at radius 2 is 2.29 bits per heavy atom. The number of rotatable bonds is 7. The SMILES string of the molecule is CNCc1nc(COCCN2CCCC2)cs1. The number of hydrogen-bond donors (Lipinski definition) is 1. The normalized spacial score (nSPS) is 16.8. The number of aromatic nitrogens is 1. The van der Waals surface area contributed by atoms with Gasteiger partial charge in [0.15, 0.2) is 0 Å². The van der Waals surface area contributed by atoms with Gasteiger partial charge in [-0.25, -0.2) is 4.98 Å². The van der Waals surface area contributed by atoms with Crippen LogP contribution >= 0.6 is 11.3 Å². The van der Waals surface area contributed by atoms with Crippen LogP contribution in [-0.4, -0.2) is 43.2 Å². The molecule has 1 aromatic rings. The Morgan fingerprint density at radius 1 is 1.47 bits per heavy atom. The lowest BCUT2D eigenvalue weighted by Crippen LogP contribution is -2.23. The largest absolute Gasteiger partial charge is 0.374 e. The summed E-state index contributed by atoms with van der Waals surface area (Å²) in [6.07, 6.45) is 2.69. The average Bonchev–Trinajstić information content (AvgIpc) is 2.96. The predicted octanol–water partition coefficient (Wildman–Crippen LogP) is 1.47. The summed E-state index contributed by atoms with van der Waals surface area (Å²) in [5, 5.41) is 6.32. The smallest absolute Gasteiger partial charge is 0.107 e. The zero-order valence-electron chi connectivity index (χ0n) is 10.4. The monoisotopic (exact) mass is 255 g/mol. The number of thiazole rings is 1. The van der Waals surface area contributed by atoms with Crippen molar-refractivity contribution in [3.05, 3.63) is 16.1 Å². The van der Waals surface area contributed by atoms with Crippen LogP contribution in [0.2, 0.25) is 0 Å². The second-order valence-electron chi connectivity index (χ2n) is 4.36. The highest BCUT2D eigenvalue weighted by Gasteiger charge is 2.10. The molecule has 4 nitrogen and oxygen atoms in total. The van der Waals surface area contributed by atoms with E-state index in [-0.39, 0.29) is 0 Å². The molecule has 0 spiro atoms. The summed E-state index contributed by atoms with van der Waals surface area (Å²) < 4.78 is 5.66. The van der Waals surface area contributed by atoms with Crippen LogP contribution in [0.1, 0.15) is 23.5 Å². The highest BCUT2D eigenvalue weighted by molar-refractivity contribution is 7.09. The van der Waals surface area contributed by atoms with Crippen molar-refractivity contribution in [1.82, 2.24) is 15.2 Å². The van der Waals surface area contributed by atoms with Crippen LogP contribution in [0.25, 0.3) is 0 Å². The molecule has 0 saturated carbocycles. The van der Waals surface area contributed by atoms with Gasteiger partial charge in [0.2, 0.25) is 0 Å². The predicted molar refractivity (Wildman–Crippen MR) is 70.2 cm³/mol. The summed E-state index contributed by atoms with van der Waals surface area (Å²) in [4.78, 5) is 6.95. The Kier molecular flexibility index (Phi) is 5.38. The van der Waals surface area contributed by atoms with E-state index < -0.39 is 0 Å². The van der Waals surface area contributed by atoms with Crippen molar-refractivity contribution in [3.63, 3.8) is 0 Å². The van der Waals surface area contributed by atoms with E-state index in [1.165, 1.54) is 25.9 Å². The number of likely N-dealkylation sites (tertiary alicyclic amines) is 1. The Morgan fingerprint density at radius 3 is 3.06 bits per heavy atom. The Hall–Kier alpha value is -0.490. The third kappa shape index (κ3) is 4.35. The maximum absolute atomic E-state index is 5.66. The van der Waals surface area contributed by atoms with Crippen LogP contribution in [0.4, 0.5) is 0 Å². The number of hydrogen-bond acceptors (Lipinski definition) is 5. The van der Waals surface area contributed by atoms with E-state index in [9.17, 15) is 0 Å². The van der Waals surface area contributed by atoms with Crippen molar-refractivity contribution in [1.29, 1.82) is 0 Å². The fourth-order valence-electron chi connectivity index (χ4n) is 2.02. The summed E-state index contributed by atoms with van der Waals surface area (Å²) in [6.45, 7) is 5.86. The van der Waals surface area contributed by atoms with Gasteiger partial charge in [-0.15, -0.1) is 11.3 Å². The minimum absolute atomic E-state index is 0.647. The van der Waals surface area contributed by atoms with E-state index in [4.69, 9.17) is 4.74 Å². The van der Waals surface area contributed by atoms with Gasteiger partial charge >= 0.3 is 0 Å². The number of ether oxygens (including phenoxy) is 1. The van der Waals surface area contributed by atoms with Gasteiger partial charge in [0.1, 0.15) is 5.01 Å². The summed E-state index contributed by atoms with van der Waals surface area (Å²) in [5.41, 5.74) is 1.06. The number of nitrogens with zero attached hydrogens (tertiary/aromatic N) is 2. The second kappa shape index (κ2) is 7.06. The third-order valence-corrected chi connectivity index (χ3v) is 3.83. The lowest BCUT2D eigenvalue weighted by molar-refractivity contribution is 0.0973. The van der Waals surface area contributed by atoms with Gasteiger partial charge in [-0.05, 0) is 33.0 Å². The molecule has 96 valence electrons. The third-order valence-electron chi connectivity index (χ3n) is 2.93. The van der Waals surface area contributed by atoms with Crippen molar-refractivity contribution in [2.45, 2.75) is 26.0 Å². The molecule has 0 radical (unpaired) electrons. The van der Waals surface area contributed by atoms with E-state index in [0.717, 1.165) is 30.4 Å². The molecule has 5 heteroatoms. The van der Waals surface area contributed by atoms with E-state index in [1.807, 2.05) is 7.05 Å². The molecule has 1 aliphatic rings. The fourth-order valence-corrected chi connectivity index (χ4v) is 2.81. The molecular weight excluding hydrogens is 234 g/mol. The van der Waals surface area contributed by atoms with Crippen LogP contribution in [0.3, 0.4) is 0 Å². The maximum atomic E-state index is 5.66. The summed E-state index contributed by atoms with van der Waals surface area (Å²) in [6, 6.07) is 0. The van der Waals surface area contributed by atoms with Gasteiger partial charge in [0.25, 0.3) is 0 Å². The summed E-state index contributed by atoms with van der Waals surface area (Å²) in [7, 11) is 1.94. The molecule has 0 amide bonds. The fraction of sp³-hybridized carbons (Fsp3) is 0.750. The van der Waals surface area contributed by atoms with Gasteiger partial charge in [0, 0.05) is 18.5 Å². The first-order chi connectivity index (χ1) is 8.38. The zero-order valence-corrected chi connectivity index (χ0v) is 11.3. The first-order valence-corrected chi connectivity index (χ1v) is 7.14. The summed E-state index contributed by atoms with van der Waals surface area (Å²) in [5.74, 6) is 0. The molecule has 17 heavy (non-hydrogen) atoms. The maximum Gasteiger partial charge on any atom is 0.107 e. The lowest BCUT2D eigenvalue weighted by Gasteiger charge is -2.13. The van der Waals surface area contributed by atoms with Gasteiger partial charge in [0.05, 0.1) is 18.9 Å². The highest BCUT2D eigenvalue weighted by Crippen LogP contribution is 2.10. The standard InChI is InChI=1S/C12H21N3OS/c1-13-8-12-14-11(10-17-12)9-16-7-6-15-4-2-3-5-15/h10,13H,2-9H2,1H3. The van der Waals surface area contributed by atoms with Gasteiger partial charge < -0.3 is 15.0 Å². The molecule has 0 bridgehead atoms. The highest BCUT2D eigenvalue weighted by atomic mass is 32.1. The molecule has 0 atom stereocenters. The Labute approximate surface area is 107 Å². The van der Waals surface area contributed by atoms with Gasteiger partial charge in [-0.1, -0.05) is 0 Å². The quantitative estimate of drug-likeness (QED) is 0.749. The Balaban J connectivity index is 1.60. The molecule has 1 aromatic heterocycles. The molecule has 0 aromatic carbocycles. The van der Waals surface area contributed by atoms with Crippen molar-refractivity contribution in [2.24, 2.45) is 0 Å². The van der Waals surface area contributed by atoms with Crippen LogP contribution in [0, 0.1) is 0 Å². The van der Waals surface area contributed by atoms with Gasteiger partial charge in [-0.2, -0.15) is 0 Å². The van der Waals surface area contributed by atoms with E-state index in [1.54, 1.807) is 11.3 Å². The molecule has 2 rings (SSSR count).